The molecular weight excluding hydrogens is 264 g/mol. The molecule has 12 N–H and O–H groups in total. The van der Waals surface area contributed by atoms with E-state index in [0.717, 1.165) is 0 Å². The average molecular weight is 292 g/mol. The molecule has 0 aromatic carbocycles. The molecule has 0 radical (unpaired) electrons. The number of hydrogen-bond donors (Lipinski definition) is 8. The molecule has 108 valence electrons. The Hall–Kier alpha value is 0.394. The molecule has 0 saturated carbocycles. The fraction of sp³-hybridized carbons (Fsp3) is 1.00. The summed E-state index contributed by atoms with van der Waals surface area (Å²) in [5, 5.41) is 31.0. The summed E-state index contributed by atoms with van der Waals surface area (Å²) < 4.78 is 0. The van der Waals surface area contributed by atoms with Crippen LogP contribution in [0.3, 0.4) is 0 Å². The number of nitrogens with two attached hydrogens (primary N) is 4. The zero-order valence-electron chi connectivity index (χ0n) is 10.3. The minimum absolute atomic E-state index is 0. The molecule has 0 amide bonds. The van der Waals surface area contributed by atoms with Crippen molar-refractivity contribution in [2.24, 2.45) is 22.9 Å². The number of aliphatic hydroxyl groups excluding tert-OH is 4. The van der Waals surface area contributed by atoms with E-state index >= 15 is 0 Å². The number of rotatable bonds is 4. The van der Waals surface area contributed by atoms with Gasteiger partial charge in [-0.2, -0.15) is 0 Å². The van der Waals surface area contributed by atoms with E-state index in [9.17, 15) is 0 Å². The molecule has 0 rings (SSSR count). The van der Waals surface area contributed by atoms with E-state index in [0.29, 0.717) is 26.2 Å². The summed E-state index contributed by atoms with van der Waals surface area (Å²) in [5.74, 6) is 0. The average Bonchev–Trinajstić information content (AvgIpc) is 2.39. The Morgan fingerprint density at radius 1 is 0.471 bits per heavy atom. The minimum atomic E-state index is 0. The molecule has 0 heterocycles. The van der Waals surface area contributed by atoms with Crippen molar-refractivity contribution in [2.45, 2.75) is 0 Å². The van der Waals surface area contributed by atoms with Gasteiger partial charge in [-0.25, -0.2) is 0 Å². The molecule has 0 aromatic heterocycles. The molecule has 0 aromatic rings. The zero-order valence-corrected chi connectivity index (χ0v) is 11.8. The van der Waals surface area contributed by atoms with Crippen LogP contribution in [-0.2, 0) is 21.7 Å². The van der Waals surface area contributed by atoms with Crippen LogP contribution in [0.2, 0.25) is 0 Å². The van der Waals surface area contributed by atoms with Gasteiger partial charge in [0.1, 0.15) is 0 Å². The van der Waals surface area contributed by atoms with Crippen molar-refractivity contribution in [3.8, 4) is 0 Å². The molecular formula is C8H28N4O4Ti. The van der Waals surface area contributed by atoms with Crippen LogP contribution in [0.5, 0.6) is 0 Å². The van der Waals surface area contributed by atoms with Crippen LogP contribution in [0.1, 0.15) is 0 Å². The van der Waals surface area contributed by atoms with Gasteiger partial charge in [-0.1, -0.05) is 0 Å². The fourth-order valence-corrected chi connectivity index (χ4v) is 0. The van der Waals surface area contributed by atoms with E-state index < -0.39 is 0 Å². The van der Waals surface area contributed by atoms with Gasteiger partial charge in [-0.15, -0.1) is 0 Å². The van der Waals surface area contributed by atoms with E-state index in [2.05, 4.69) is 0 Å². The van der Waals surface area contributed by atoms with Gasteiger partial charge in [0.05, 0.1) is 26.4 Å². The first kappa shape index (κ1) is 30.4. The van der Waals surface area contributed by atoms with Gasteiger partial charge in [0.2, 0.25) is 0 Å². The first-order valence-electron chi connectivity index (χ1n) is 4.90. The van der Waals surface area contributed by atoms with E-state index in [4.69, 9.17) is 43.4 Å². The number of hydrogen-bond acceptors (Lipinski definition) is 8. The maximum absolute atomic E-state index is 7.75. The summed E-state index contributed by atoms with van der Waals surface area (Å²) in [6, 6.07) is 0. The van der Waals surface area contributed by atoms with Crippen molar-refractivity contribution in [3.05, 3.63) is 0 Å². The predicted molar refractivity (Wildman–Crippen MR) is 64.6 cm³/mol. The molecule has 0 fully saturated rings. The molecule has 17 heavy (non-hydrogen) atoms. The molecule has 0 bridgehead atoms. The second-order valence-corrected chi connectivity index (χ2v) is 2.05. The summed E-state index contributed by atoms with van der Waals surface area (Å²) in [6.07, 6.45) is 0. The Morgan fingerprint density at radius 3 is 0.529 bits per heavy atom. The molecule has 0 aliphatic heterocycles. The summed E-state index contributed by atoms with van der Waals surface area (Å²) in [6.45, 7) is 1.89. The topological polar surface area (TPSA) is 185 Å². The molecule has 0 saturated heterocycles. The van der Waals surface area contributed by atoms with Gasteiger partial charge >= 0.3 is 0 Å². The first-order valence-corrected chi connectivity index (χ1v) is 4.90. The van der Waals surface area contributed by atoms with E-state index in [1.165, 1.54) is 0 Å². The van der Waals surface area contributed by atoms with Crippen molar-refractivity contribution in [2.75, 3.05) is 52.6 Å². The van der Waals surface area contributed by atoms with Gasteiger partial charge in [-0.3, -0.25) is 0 Å². The maximum atomic E-state index is 7.75. The Morgan fingerprint density at radius 2 is 0.529 bits per heavy atom. The zero-order chi connectivity index (χ0) is 13.7. The van der Waals surface area contributed by atoms with Gasteiger partial charge in [-0.05, 0) is 0 Å². The summed E-state index contributed by atoms with van der Waals surface area (Å²) in [7, 11) is 0. The molecule has 0 aliphatic carbocycles. The largest absolute Gasteiger partial charge is 0.395 e. The second kappa shape index (κ2) is 55.1. The van der Waals surface area contributed by atoms with E-state index in [-0.39, 0.29) is 48.1 Å². The Balaban J connectivity index is -0.0000000369. The van der Waals surface area contributed by atoms with Crippen molar-refractivity contribution >= 4 is 0 Å². The third-order valence-corrected chi connectivity index (χ3v) is 0.516. The van der Waals surface area contributed by atoms with Crippen LogP contribution in [0, 0.1) is 0 Å². The van der Waals surface area contributed by atoms with E-state index in [1.807, 2.05) is 0 Å². The maximum Gasteiger partial charge on any atom is 0.0553 e. The van der Waals surface area contributed by atoms with Crippen LogP contribution < -0.4 is 22.9 Å². The van der Waals surface area contributed by atoms with Crippen LogP contribution in [0.15, 0.2) is 0 Å². The normalized spacial score (nSPS) is 7.06. The smallest absolute Gasteiger partial charge is 0.0553 e. The van der Waals surface area contributed by atoms with Gasteiger partial charge in [0.15, 0.2) is 0 Å². The quantitative estimate of drug-likeness (QED) is 0.239. The standard InChI is InChI=1S/4C2H7NO.Ti/c4*3-1-2-4;/h4*4H,1-3H2;. The molecule has 0 aliphatic rings. The van der Waals surface area contributed by atoms with Crippen LogP contribution in [-0.4, -0.2) is 73.0 Å². The van der Waals surface area contributed by atoms with Crippen molar-refractivity contribution in [1.82, 2.24) is 0 Å². The van der Waals surface area contributed by atoms with Crippen LogP contribution in [0.4, 0.5) is 0 Å². The van der Waals surface area contributed by atoms with E-state index in [1.54, 1.807) is 0 Å². The van der Waals surface area contributed by atoms with Gasteiger partial charge in [0, 0.05) is 47.9 Å². The molecule has 8 nitrogen and oxygen atoms in total. The number of aliphatic hydroxyl groups is 4. The summed E-state index contributed by atoms with van der Waals surface area (Å²) in [5.41, 5.74) is 19.1. The Bertz CT molecular complexity index is 53.5. The van der Waals surface area contributed by atoms with Crippen molar-refractivity contribution in [1.29, 1.82) is 0 Å². The third-order valence-electron chi connectivity index (χ3n) is 0.516. The van der Waals surface area contributed by atoms with Gasteiger partial charge in [0.25, 0.3) is 0 Å². The summed E-state index contributed by atoms with van der Waals surface area (Å²) >= 11 is 0. The van der Waals surface area contributed by atoms with Gasteiger partial charge < -0.3 is 43.4 Å². The Labute approximate surface area is 118 Å². The summed E-state index contributed by atoms with van der Waals surface area (Å²) in [4.78, 5) is 0. The molecule has 0 atom stereocenters. The van der Waals surface area contributed by atoms with Crippen LogP contribution >= 0.6 is 0 Å². The third kappa shape index (κ3) is 176. The SMILES string of the molecule is NCCO.NCCO.NCCO.NCCO.[Ti]. The van der Waals surface area contributed by atoms with Crippen molar-refractivity contribution in [3.63, 3.8) is 0 Å². The molecule has 0 spiro atoms. The predicted octanol–water partition coefficient (Wildman–Crippen LogP) is -4.25. The fourth-order valence-electron chi connectivity index (χ4n) is 0. The monoisotopic (exact) mass is 292 g/mol. The minimum Gasteiger partial charge on any atom is -0.395 e. The van der Waals surface area contributed by atoms with Crippen LogP contribution in [0.25, 0.3) is 0 Å². The van der Waals surface area contributed by atoms with Crippen molar-refractivity contribution < 1.29 is 42.1 Å². The second-order valence-electron chi connectivity index (χ2n) is 2.05. The first-order chi connectivity index (χ1) is 7.66. The Kier molecular flexibility index (Phi) is 98.7. The molecule has 0 unspecified atom stereocenters. The molecule has 9 heteroatoms.